The summed E-state index contributed by atoms with van der Waals surface area (Å²) in [7, 11) is 0. The van der Waals surface area contributed by atoms with Crippen LogP contribution >= 0.6 is 0 Å². The van der Waals surface area contributed by atoms with Gasteiger partial charge in [0.25, 0.3) is 0 Å². The van der Waals surface area contributed by atoms with Crippen molar-refractivity contribution in [3.63, 3.8) is 0 Å². The van der Waals surface area contributed by atoms with Crippen LogP contribution in [0.1, 0.15) is 0 Å². The average molecular weight is 476 g/mol. The first-order valence-electron chi connectivity index (χ1n) is 5.89. The first kappa shape index (κ1) is 27.2. The average Bonchev–Trinajstić information content (AvgIpc) is 2.46. The van der Waals surface area contributed by atoms with Gasteiger partial charge in [0.1, 0.15) is 0 Å². The Morgan fingerprint density at radius 1 is 0.552 bits per heavy atom. The van der Waals surface area contributed by atoms with Crippen LogP contribution in [0.15, 0.2) is 11.7 Å². The standard InChI is InChI=1S/C10HF17O2/c11-1(3(28)4(13,7(16,17)18)8(19,20)21)2(12)5(14,29)6(15,9(22,23)24)10(25,26)27/h29H/b2-1+. The normalized spacial score (nSPS) is 18.3. The number of hydrogen-bond acceptors (Lipinski definition) is 2. The lowest BCUT2D eigenvalue weighted by Gasteiger charge is -2.36. The molecule has 0 amide bonds. The first-order valence-corrected chi connectivity index (χ1v) is 5.89. The van der Waals surface area contributed by atoms with Crippen LogP contribution in [0.2, 0.25) is 0 Å². The summed E-state index contributed by atoms with van der Waals surface area (Å²) in [5, 5.41) is 8.27. The molecule has 29 heavy (non-hydrogen) atoms. The molecular formula is C10HF17O2. The lowest BCUT2D eigenvalue weighted by Crippen LogP contribution is -2.67. The Morgan fingerprint density at radius 2 is 0.828 bits per heavy atom. The second kappa shape index (κ2) is 6.86. The molecule has 19 heteroatoms. The summed E-state index contributed by atoms with van der Waals surface area (Å²) >= 11 is 0. The predicted molar refractivity (Wildman–Crippen MR) is 52.2 cm³/mol. The molecule has 0 rings (SSSR count). The van der Waals surface area contributed by atoms with E-state index >= 15 is 0 Å². The van der Waals surface area contributed by atoms with E-state index in [2.05, 4.69) is 0 Å². The van der Waals surface area contributed by atoms with Crippen molar-refractivity contribution < 1.29 is 84.5 Å². The lowest BCUT2D eigenvalue weighted by atomic mass is 9.90. The molecule has 0 heterocycles. The molecule has 0 aliphatic rings. The smallest absolute Gasteiger partial charge is 0.353 e. The maximum atomic E-state index is 13.3. The van der Waals surface area contributed by atoms with Gasteiger partial charge in [0.2, 0.25) is 17.4 Å². The number of Topliss-reactive ketones (excluding diaryl/α,β-unsaturated/α-hetero) is 1. The Bertz CT molecular complexity index is 644. The second-order valence-electron chi connectivity index (χ2n) is 4.89. The van der Waals surface area contributed by atoms with Crippen LogP contribution in [-0.2, 0) is 4.79 Å². The Hall–Kier alpha value is -1.82. The number of rotatable bonds is 4. The molecule has 0 fully saturated rings. The van der Waals surface area contributed by atoms with Gasteiger partial charge in [0.15, 0.2) is 0 Å². The highest BCUT2D eigenvalue weighted by atomic mass is 19.4. The van der Waals surface area contributed by atoms with E-state index in [1.807, 2.05) is 0 Å². The minimum absolute atomic E-state index is 4.90. The highest BCUT2D eigenvalue weighted by Crippen LogP contribution is 2.56. The zero-order valence-corrected chi connectivity index (χ0v) is 12.3. The third-order valence-corrected chi connectivity index (χ3v) is 3.01. The van der Waals surface area contributed by atoms with E-state index < -0.39 is 59.3 Å². The van der Waals surface area contributed by atoms with Crippen molar-refractivity contribution in [3.05, 3.63) is 11.7 Å². The molecule has 0 saturated heterocycles. The highest BCUT2D eigenvalue weighted by molar-refractivity contribution is 6.02. The zero-order valence-electron chi connectivity index (χ0n) is 12.3. The molecule has 1 N–H and O–H groups in total. The zero-order chi connectivity index (χ0) is 24.2. The molecule has 0 aliphatic heterocycles. The second-order valence-corrected chi connectivity index (χ2v) is 4.89. The molecule has 172 valence electrons. The van der Waals surface area contributed by atoms with Gasteiger partial charge in [-0.2, -0.15) is 61.5 Å². The van der Waals surface area contributed by atoms with Gasteiger partial charge in [-0.1, -0.05) is 0 Å². The molecule has 0 aromatic carbocycles. The van der Waals surface area contributed by atoms with Crippen molar-refractivity contribution in [1.82, 2.24) is 0 Å². The topological polar surface area (TPSA) is 37.3 Å². The van der Waals surface area contributed by atoms with Gasteiger partial charge in [0, 0.05) is 0 Å². The van der Waals surface area contributed by atoms with Crippen molar-refractivity contribution >= 4 is 5.78 Å². The number of aliphatic hydroxyl groups is 1. The molecule has 0 spiro atoms. The van der Waals surface area contributed by atoms with Crippen LogP contribution in [0.25, 0.3) is 0 Å². The fourth-order valence-electron chi connectivity index (χ4n) is 1.50. The van der Waals surface area contributed by atoms with Crippen molar-refractivity contribution in [2.45, 2.75) is 41.9 Å². The largest absolute Gasteiger partial charge is 0.439 e. The molecule has 0 bridgehead atoms. The van der Waals surface area contributed by atoms with Crippen molar-refractivity contribution in [1.29, 1.82) is 0 Å². The van der Waals surface area contributed by atoms with Crippen LogP contribution in [0.3, 0.4) is 0 Å². The lowest BCUT2D eigenvalue weighted by molar-refractivity contribution is -0.404. The van der Waals surface area contributed by atoms with E-state index in [0.717, 1.165) is 0 Å². The van der Waals surface area contributed by atoms with E-state index in [1.165, 1.54) is 0 Å². The molecular weight excluding hydrogens is 475 g/mol. The van der Waals surface area contributed by atoms with Crippen LogP contribution in [0.4, 0.5) is 74.6 Å². The quantitative estimate of drug-likeness (QED) is 0.457. The maximum Gasteiger partial charge on any atom is 0.439 e. The van der Waals surface area contributed by atoms with E-state index in [4.69, 9.17) is 5.11 Å². The summed E-state index contributed by atoms with van der Waals surface area (Å²) in [5.41, 5.74) is -15.5. The molecule has 1 unspecified atom stereocenters. The van der Waals surface area contributed by atoms with Crippen LogP contribution in [0.5, 0.6) is 0 Å². The summed E-state index contributed by atoms with van der Waals surface area (Å²) in [5.74, 6) is -22.5. The molecule has 1 atom stereocenters. The summed E-state index contributed by atoms with van der Waals surface area (Å²) in [4.78, 5) is 10.7. The number of hydrogen-bond donors (Lipinski definition) is 1. The predicted octanol–water partition coefficient (Wildman–Crippen LogP) is 5.03. The Kier molecular flexibility index (Phi) is 6.43. The molecule has 0 radical (unpaired) electrons. The Labute approximate surface area is 145 Å². The molecule has 0 saturated carbocycles. The Morgan fingerprint density at radius 3 is 1.03 bits per heavy atom. The van der Waals surface area contributed by atoms with Gasteiger partial charge in [-0.15, -0.1) is 0 Å². The van der Waals surface area contributed by atoms with Crippen LogP contribution < -0.4 is 0 Å². The summed E-state index contributed by atoms with van der Waals surface area (Å²) in [6.07, 6.45) is -30.7. The van der Waals surface area contributed by atoms with Gasteiger partial charge in [0.05, 0.1) is 0 Å². The summed E-state index contributed by atoms with van der Waals surface area (Å²) < 4.78 is 212. The maximum absolute atomic E-state index is 13.3. The minimum atomic E-state index is -7.93. The number of allylic oxidation sites excluding steroid dienone is 1. The van der Waals surface area contributed by atoms with E-state index in [-0.39, 0.29) is 0 Å². The Balaban J connectivity index is 6.97. The fraction of sp³-hybridized carbons (Fsp3) is 0.700. The number of carbonyl (C=O) groups is 1. The van der Waals surface area contributed by atoms with Gasteiger partial charge in [-0.3, -0.25) is 4.79 Å². The van der Waals surface area contributed by atoms with Gasteiger partial charge in [-0.25, -0.2) is 13.2 Å². The van der Waals surface area contributed by atoms with Gasteiger partial charge in [-0.05, 0) is 0 Å². The van der Waals surface area contributed by atoms with Gasteiger partial charge >= 0.3 is 41.9 Å². The first-order chi connectivity index (χ1) is 12.2. The highest BCUT2D eigenvalue weighted by Gasteiger charge is 2.85. The number of alkyl halides is 15. The summed E-state index contributed by atoms with van der Waals surface area (Å²) in [6.45, 7) is 0. The van der Waals surface area contributed by atoms with Crippen LogP contribution in [-0.4, -0.2) is 52.8 Å². The monoisotopic (exact) mass is 476 g/mol. The number of ketones is 1. The van der Waals surface area contributed by atoms with E-state index in [1.54, 1.807) is 0 Å². The summed E-state index contributed by atoms with van der Waals surface area (Å²) in [6, 6.07) is 0. The number of carbonyl (C=O) groups excluding carboxylic acids is 1. The fourth-order valence-corrected chi connectivity index (χ4v) is 1.50. The molecule has 0 aromatic heterocycles. The molecule has 0 aromatic rings. The minimum Gasteiger partial charge on any atom is -0.353 e. The third-order valence-electron chi connectivity index (χ3n) is 3.01. The third kappa shape index (κ3) is 3.83. The van der Waals surface area contributed by atoms with Gasteiger partial charge < -0.3 is 5.11 Å². The number of halogens is 17. The van der Waals surface area contributed by atoms with E-state index in [9.17, 15) is 79.4 Å². The molecule has 2 nitrogen and oxygen atoms in total. The molecule has 0 aliphatic carbocycles. The SMILES string of the molecule is O=C(/C(F)=C(\F)C(O)(F)C(F)(C(F)(F)F)C(F)(F)F)C(F)(C(F)(F)F)C(F)(F)F. The van der Waals surface area contributed by atoms with Crippen molar-refractivity contribution in [3.8, 4) is 0 Å². The van der Waals surface area contributed by atoms with Crippen molar-refractivity contribution in [2.75, 3.05) is 0 Å². The van der Waals surface area contributed by atoms with Crippen molar-refractivity contribution in [2.24, 2.45) is 0 Å². The van der Waals surface area contributed by atoms with Crippen LogP contribution in [0, 0.1) is 0 Å². The van der Waals surface area contributed by atoms with E-state index in [0.29, 0.717) is 0 Å².